The molecule has 0 aromatic heterocycles. The average Bonchev–Trinajstić information content (AvgIpc) is 2.90. The first-order chi connectivity index (χ1) is 16.8. The number of nitrogens with zero attached hydrogens (tertiary/aromatic N) is 1. The Kier molecular flexibility index (Phi) is 12.6. The molecule has 198 valence electrons. The highest BCUT2D eigenvalue weighted by molar-refractivity contribution is 4.79. The molecule has 0 saturated heterocycles. The van der Waals surface area contributed by atoms with Gasteiger partial charge in [0.15, 0.2) is 0 Å². The molecule has 0 bridgehead atoms. The Balaban J connectivity index is 1.17. The zero-order valence-electron chi connectivity index (χ0n) is 22.9. The SMILES string of the molecule is C1CCC(CCNCC2CCCC(CN(CCC3CCCCC3)CCC3CCCCC3)C2)CC1. The monoisotopic (exact) mass is 472 g/mol. The van der Waals surface area contributed by atoms with Crippen molar-refractivity contribution in [1.82, 2.24) is 10.2 Å². The summed E-state index contributed by atoms with van der Waals surface area (Å²) in [7, 11) is 0. The van der Waals surface area contributed by atoms with Gasteiger partial charge in [0.05, 0.1) is 0 Å². The number of rotatable bonds is 13. The molecule has 34 heavy (non-hydrogen) atoms. The lowest BCUT2D eigenvalue weighted by atomic mass is 9.80. The molecule has 0 radical (unpaired) electrons. The highest BCUT2D eigenvalue weighted by Gasteiger charge is 2.25. The van der Waals surface area contributed by atoms with Gasteiger partial charge in [-0.25, -0.2) is 0 Å². The summed E-state index contributed by atoms with van der Waals surface area (Å²) >= 11 is 0. The van der Waals surface area contributed by atoms with E-state index in [0.717, 1.165) is 29.6 Å². The summed E-state index contributed by atoms with van der Waals surface area (Å²) in [5, 5.41) is 3.90. The van der Waals surface area contributed by atoms with Gasteiger partial charge in [-0.1, -0.05) is 103 Å². The van der Waals surface area contributed by atoms with Gasteiger partial charge in [0.2, 0.25) is 0 Å². The number of hydrogen-bond acceptors (Lipinski definition) is 2. The van der Waals surface area contributed by atoms with Crippen LogP contribution in [0.5, 0.6) is 0 Å². The van der Waals surface area contributed by atoms with Crippen LogP contribution in [0.1, 0.15) is 141 Å². The normalized spacial score (nSPS) is 28.5. The molecule has 2 atom stereocenters. The minimum absolute atomic E-state index is 0.948. The molecule has 4 saturated carbocycles. The first kappa shape index (κ1) is 27.0. The Hall–Kier alpha value is -0.0800. The summed E-state index contributed by atoms with van der Waals surface area (Å²) in [6, 6.07) is 0. The fourth-order valence-corrected chi connectivity index (χ4v) is 8.18. The molecule has 1 N–H and O–H groups in total. The third kappa shape index (κ3) is 10.1. The maximum atomic E-state index is 3.90. The second-order valence-electron chi connectivity index (χ2n) is 13.3. The highest BCUT2D eigenvalue weighted by Crippen LogP contribution is 2.32. The van der Waals surface area contributed by atoms with Crippen LogP contribution in [-0.4, -0.2) is 37.6 Å². The van der Waals surface area contributed by atoms with E-state index in [1.807, 2.05) is 0 Å². The maximum Gasteiger partial charge on any atom is 0.000977 e. The minimum Gasteiger partial charge on any atom is -0.316 e. The first-order valence-electron chi connectivity index (χ1n) is 16.3. The van der Waals surface area contributed by atoms with E-state index in [1.54, 1.807) is 0 Å². The van der Waals surface area contributed by atoms with E-state index in [2.05, 4.69) is 10.2 Å². The second kappa shape index (κ2) is 15.9. The molecule has 4 rings (SSSR count). The van der Waals surface area contributed by atoms with Gasteiger partial charge in [-0.2, -0.15) is 0 Å². The van der Waals surface area contributed by atoms with E-state index in [-0.39, 0.29) is 0 Å². The standard InChI is InChI=1S/C32H60N2/c1-4-11-28(12-5-1)19-22-33-26-31-17-10-18-32(25-31)27-34(23-20-29-13-6-2-7-14-29)24-21-30-15-8-3-9-16-30/h28-33H,1-27H2. The fourth-order valence-electron chi connectivity index (χ4n) is 8.18. The van der Waals surface area contributed by atoms with Crippen molar-refractivity contribution in [2.24, 2.45) is 29.6 Å². The summed E-state index contributed by atoms with van der Waals surface area (Å²) in [6.07, 6.45) is 33.0. The van der Waals surface area contributed by atoms with Crippen molar-refractivity contribution in [2.45, 2.75) is 141 Å². The smallest absolute Gasteiger partial charge is 0.000977 e. The molecule has 0 spiro atoms. The zero-order chi connectivity index (χ0) is 23.3. The first-order valence-corrected chi connectivity index (χ1v) is 16.3. The predicted molar refractivity (Wildman–Crippen MR) is 148 cm³/mol. The predicted octanol–water partition coefficient (Wildman–Crippen LogP) is 8.60. The lowest BCUT2D eigenvalue weighted by Gasteiger charge is -2.35. The van der Waals surface area contributed by atoms with Crippen molar-refractivity contribution in [3.8, 4) is 0 Å². The van der Waals surface area contributed by atoms with Gasteiger partial charge >= 0.3 is 0 Å². The average molecular weight is 473 g/mol. The van der Waals surface area contributed by atoms with Crippen LogP contribution in [0.4, 0.5) is 0 Å². The third-order valence-corrected chi connectivity index (χ3v) is 10.5. The molecular weight excluding hydrogens is 412 g/mol. The van der Waals surface area contributed by atoms with Crippen molar-refractivity contribution in [1.29, 1.82) is 0 Å². The van der Waals surface area contributed by atoms with Gasteiger partial charge in [0.1, 0.15) is 0 Å². The van der Waals surface area contributed by atoms with Crippen molar-refractivity contribution in [2.75, 3.05) is 32.7 Å². The summed E-state index contributed by atoms with van der Waals surface area (Å²) in [5.74, 6) is 5.03. The minimum atomic E-state index is 0.948. The lowest BCUT2D eigenvalue weighted by molar-refractivity contribution is 0.149. The topological polar surface area (TPSA) is 15.3 Å². The molecule has 0 heterocycles. The van der Waals surface area contributed by atoms with Crippen molar-refractivity contribution in [3.63, 3.8) is 0 Å². The van der Waals surface area contributed by atoms with E-state index < -0.39 is 0 Å². The Bertz CT molecular complexity index is 479. The maximum absolute atomic E-state index is 3.90. The van der Waals surface area contributed by atoms with Crippen LogP contribution in [0.2, 0.25) is 0 Å². The van der Waals surface area contributed by atoms with Gasteiger partial charge in [-0.15, -0.1) is 0 Å². The van der Waals surface area contributed by atoms with E-state index in [9.17, 15) is 0 Å². The van der Waals surface area contributed by atoms with Gasteiger partial charge in [0.25, 0.3) is 0 Å². The molecule has 4 aliphatic rings. The van der Waals surface area contributed by atoms with Crippen molar-refractivity contribution in [3.05, 3.63) is 0 Å². The van der Waals surface area contributed by atoms with Gasteiger partial charge in [0, 0.05) is 6.54 Å². The van der Waals surface area contributed by atoms with Crippen molar-refractivity contribution < 1.29 is 0 Å². The van der Waals surface area contributed by atoms with E-state index in [1.165, 1.54) is 174 Å². The molecule has 0 aliphatic heterocycles. The summed E-state index contributed by atoms with van der Waals surface area (Å²) in [5.41, 5.74) is 0. The van der Waals surface area contributed by atoms with Crippen LogP contribution in [0.25, 0.3) is 0 Å². The Morgan fingerprint density at radius 2 is 0.941 bits per heavy atom. The van der Waals surface area contributed by atoms with Gasteiger partial charge in [-0.05, 0) is 94.3 Å². The number of nitrogens with one attached hydrogen (secondary N) is 1. The second-order valence-corrected chi connectivity index (χ2v) is 13.3. The van der Waals surface area contributed by atoms with E-state index >= 15 is 0 Å². The van der Waals surface area contributed by atoms with E-state index in [4.69, 9.17) is 0 Å². The Morgan fingerprint density at radius 1 is 0.471 bits per heavy atom. The fraction of sp³-hybridized carbons (Fsp3) is 1.00. The van der Waals surface area contributed by atoms with Crippen LogP contribution in [-0.2, 0) is 0 Å². The third-order valence-electron chi connectivity index (χ3n) is 10.5. The molecule has 0 amide bonds. The lowest BCUT2D eigenvalue weighted by Crippen LogP contribution is -2.37. The quantitative estimate of drug-likeness (QED) is 0.270. The molecule has 2 unspecified atom stereocenters. The largest absolute Gasteiger partial charge is 0.316 e. The van der Waals surface area contributed by atoms with Crippen LogP contribution in [0.3, 0.4) is 0 Å². The molecule has 2 nitrogen and oxygen atoms in total. The number of hydrogen-bond donors (Lipinski definition) is 1. The van der Waals surface area contributed by atoms with Crippen LogP contribution in [0.15, 0.2) is 0 Å². The molecule has 4 fully saturated rings. The Labute approximate surface area is 213 Å². The summed E-state index contributed by atoms with van der Waals surface area (Å²) in [6.45, 7) is 6.79. The molecule has 4 aliphatic carbocycles. The van der Waals surface area contributed by atoms with Gasteiger partial charge in [-0.3, -0.25) is 0 Å². The Morgan fingerprint density at radius 3 is 1.50 bits per heavy atom. The van der Waals surface area contributed by atoms with Gasteiger partial charge < -0.3 is 10.2 Å². The van der Waals surface area contributed by atoms with Crippen molar-refractivity contribution >= 4 is 0 Å². The molecular formula is C32H60N2. The van der Waals surface area contributed by atoms with E-state index in [0.29, 0.717) is 0 Å². The molecule has 2 heteroatoms. The molecule has 0 aromatic rings. The van der Waals surface area contributed by atoms with Crippen LogP contribution in [0, 0.1) is 29.6 Å². The summed E-state index contributed by atoms with van der Waals surface area (Å²) in [4.78, 5) is 2.97. The van der Waals surface area contributed by atoms with Crippen LogP contribution >= 0.6 is 0 Å². The summed E-state index contributed by atoms with van der Waals surface area (Å²) < 4.78 is 0. The molecule has 0 aromatic carbocycles. The van der Waals surface area contributed by atoms with Crippen LogP contribution < -0.4 is 5.32 Å². The highest BCUT2D eigenvalue weighted by atomic mass is 15.1. The zero-order valence-corrected chi connectivity index (χ0v) is 22.9.